The number of pyridine rings is 1. The number of aliphatic hydroxyl groups excluding tert-OH is 1. The van der Waals surface area contributed by atoms with E-state index in [2.05, 4.69) is 20.8 Å². The topological polar surface area (TPSA) is 98.0 Å². The Kier molecular flexibility index (Phi) is 4.23. The number of carboxylic acid groups (broad SMARTS) is 1. The van der Waals surface area contributed by atoms with E-state index in [4.69, 9.17) is 9.47 Å². The summed E-state index contributed by atoms with van der Waals surface area (Å²) in [5.41, 5.74) is 1.54. The summed E-state index contributed by atoms with van der Waals surface area (Å²) >= 11 is 0. The number of ether oxygens (including phenoxy) is 2. The predicted molar refractivity (Wildman–Crippen MR) is 102 cm³/mol. The van der Waals surface area contributed by atoms with Crippen LogP contribution in [-0.2, 0) is 6.42 Å². The standard InChI is InChI=1S/C21H23NO6/c1-21(2,3)19-5-11-4-17-18(28-10-12(23)9-27-17)6-13(11)15-7-16(24)14(20(25)26)8-22(15)19/h4,6-8,12,19,23H,5,9-10H2,1-3H3,(H,25,26). The maximum absolute atomic E-state index is 12.4. The molecule has 2 aliphatic heterocycles. The van der Waals surface area contributed by atoms with Crippen molar-refractivity contribution in [2.24, 2.45) is 5.41 Å². The van der Waals surface area contributed by atoms with Crippen molar-refractivity contribution in [1.29, 1.82) is 0 Å². The molecule has 2 unspecified atom stereocenters. The zero-order valence-corrected chi connectivity index (χ0v) is 16.1. The second-order valence-electron chi connectivity index (χ2n) is 8.47. The van der Waals surface area contributed by atoms with Gasteiger partial charge in [-0.25, -0.2) is 4.79 Å². The Balaban J connectivity index is 1.94. The molecule has 0 radical (unpaired) electrons. The molecular formula is C21H23NO6. The van der Waals surface area contributed by atoms with Crippen LogP contribution in [0.1, 0.15) is 42.7 Å². The number of aromatic carboxylic acids is 1. The van der Waals surface area contributed by atoms with Gasteiger partial charge in [0.2, 0.25) is 0 Å². The molecule has 148 valence electrons. The second-order valence-corrected chi connectivity index (χ2v) is 8.47. The maximum atomic E-state index is 12.4. The van der Waals surface area contributed by atoms with Crippen molar-refractivity contribution in [3.63, 3.8) is 0 Å². The second kappa shape index (κ2) is 6.38. The lowest BCUT2D eigenvalue weighted by atomic mass is 9.78. The number of rotatable bonds is 1. The molecule has 1 aromatic heterocycles. The minimum absolute atomic E-state index is 0.0379. The highest BCUT2D eigenvalue weighted by Crippen LogP contribution is 2.46. The van der Waals surface area contributed by atoms with Gasteiger partial charge in [-0.3, -0.25) is 4.79 Å². The van der Waals surface area contributed by atoms with E-state index in [1.807, 2.05) is 16.7 Å². The molecule has 7 heteroatoms. The van der Waals surface area contributed by atoms with Gasteiger partial charge in [0.25, 0.3) is 0 Å². The smallest absolute Gasteiger partial charge is 0.341 e. The average molecular weight is 385 g/mol. The summed E-state index contributed by atoms with van der Waals surface area (Å²) in [7, 11) is 0. The molecule has 2 N–H and O–H groups in total. The Morgan fingerprint density at radius 3 is 2.39 bits per heavy atom. The summed E-state index contributed by atoms with van der Waals surface area (Å²) in [6, 6.07) is 5.07. The van der Waals surface area contributed by atoms with Crippen molar-refractivity contribution in [1.82, 2.24) is 4.57 Å². The van der Waals surface area contributed by atoms with E-state index in [1.165, 1.54) is 12.3 Å². The SMILES string of the molecule is CC(C)(C)C1Cc2cc3c(cc2-c2cc(=O)c(C(=O)O)cn21)OCC(O)CO3. The fourth-order valence-corrected chi connectivity index (χ4v) is 3.87. The van der Waals surface area contributed by atoms with E-state index in [-0.39, 0.29) is 30.2 Å². The molecule has 0 bridgehead atoms. The van der Waals surface area contributed by atoms with E-state index < -0.39 is 17.5 Å². The number of hydrogen-bond acceptors (Lipinski definition) is 5. The molecule has 0 amide bonds. The largest absolute Gasteiger partial charge is 0.487 e. The fourth-order valence-electron chi connectivity index (χ4n) is 3.87. The van der Waals surface area contributed by atoms with Crippen LogP contribution in [0.25, 0.3) is 11.3 Å². The zero-order chi connectivity index (χ0) is 20.2. The summed E-state index contributed by atoms with van der Waals surface area (Å²) < 4.78 is 13.3. The molecule has 28 heavy (non-hydrogen) atoms. The van der Waals surface area contributed by atoms with Crippen LogP contribution in [0.2, 0.25) is 0 Å². The molecule has 3 heterocycles. The fraction of sp³-hybridized carbons (Fsp3) is 0.429. The monoisotopic (exact) mass is 385 g/mol. The zero-order valence-electron chi connectivity index (χ0n) is 16.1. The van der Waals surface area contributed by atoms with Crippen molar-refractivity contribution in [3.05, 3.63) is 45.7 Å². The first-order valence-electron chi connectivity index (χ1n) is 9.25. The van der Waals surface area contributed by atoms with Crippen LogP contribution < -0.4 is 14.9 Å². The van der Waals surface area contributed by atoms with Crippen LogP contribution in [-0.4, -0.2) is 40.1 Å². The molecule has 1 aromatic carbocycles. The van der Waals surface area contributed by atoms with Crippen molar-refractivity contribution in [2.45, 2.75) is 39.3 Å². The minimum atomic E-state index is -1.23. The number of nitrogens with zero attached hydrogens (tertiary/aromatic N) is 1. The van der Waals surface area contributed by atoms with Gasteiger partial charge in [0.1, 0.15) is 24.9 Å². The maximum Gasteiger partial charge on any atom is 0.341 e. The molecule has 7 nitrogen and oxygen atoms in total. The Morgan fingerprint density at radius 2 is 1.79 bits per heavy atom. The highest BCUT2D eigenvalue weighted by Gasteiger charge is 2.34. The third-order valence-corrected chi connectivity index (χ3v) is 5.37. The summed E-state index contributed by atoms with van der Waals surface area (Å²) in [5, 5.41) is 19.2. The first-order valence-corrected chi connectivity index (χ1v) is 9.25. The van der Waals surface area contributed by atoms with Gasteiger partial charge >= 0.3 is 5.97 Å². The highest BCUT2D eigenvalue weighted by molar-refractivity contribution is 5.88. The van der Waals surface area contributed by atoms with E-state index in [1.54, 1.807) is 0 Å². The van der Waals surface area contributed by atoms with E-state index in [0.717, 1.165) is 11.1 Å². The lowest BCUT2D eigenvalue weighted by molar-refractivity contribution is 0.0693. The van der Waals surface area contributed by atoms with Crippen LogP contribution in [0.3, 0.4) is 0 Å². The summed E-state index contributed by atoms with van der Waals surface area (Å²) in [6.07, 6.45) is 1.40. The summed E-state index contributed by atoms with van der Waals surface area (Å²) in [6.45, 7) is 6.55. The molecule has 0 aliphatic carbocycles. The van der Waals surface area contributed by atoms with Crippen molar-refractivity contribution in [3.8, 4) is 22.8 Å². The number of fused-ring (bicyclic) bond motifs is 4. The van der Waals surface area contributed by atoms with Gasteiger partial charge in [-0.1, -0.05) is 20.8 Å². The van der Waals surface area contributed by atoms with Crippen molar-refractivity contribution >= 4 is 5.97 Å². The first kappa shape index (κ1) is 18.6. The lowest BCUT2D eigenvalue weighted by Crippen LogP contribution is -2.32. The number of aliphatic hydroxyl groups is 1. The molecular weight excluding hydrogens is 362 g/mol. The van der Waals surface area contributed by atoms with Crippen LogP contribution in [0.5, 0.6) is 11.5 Å². The number of carboxylic acids is 1. The minimum Gasteiger partial charge on any atom is -0.487 e. The molecule has 0 saturated heterocycles. The van der Waals surface area contributed by atoms with E-state index in [0.29, 0.717) is 23.6 Å². The average Bonchev–Trinajstić information content (AvgIpc) is 2.79. The molecule has 0 spiro atoms. The number of benzene rings is 1. The van der Waals surface area contributed by atoms with Gasteiger partial charge in [-0.15, -0.1) is 0 Å². The van der Waals surface area contributed by atoms with Gasteiger partial charge in [0.15, 0.2) is 16.9 Å². The Labute approximate surface area is 162 Å². The summed E-state index contributed by atoms with van der Waals surface area (Å²) in [4.78, 5) is 23.9. The third-order valence-electron chi connectivity index (χ3n) is 5.37. The summed E-state index contributed by atoms with van der Waals surface area (Å²) in [5.74, 6) is -0.155. The molecule has 2 aromatic rings. The first-order chi connectivity index (χ1) is 13.1. The molecule has 0 saturated carbocycles. The van der Waals surface area contributed by atoms with Crippen LogP contribution >= 0.6 is 0 Å². The van der Waals surface area contributed by atoms with Crippen molar-refractivity contribution in [2.75, 3.05) is 13.2 Å². The van der Waals surface area contributed by atoms with Gasteiger partial charge < -0.3 is 24.3 Å². The predicted octanol–water partition coefficient (Wildman–Crippen LogP) is 2.49. The molecule has 4 rings (SSSR count). The number of carbonyl (C=O) groups is 1. The normalized spacial score (nSPS) is 20.7. The molecule has 2 aliphatic rings. The third kappa shape index (κ3) is 3.05. The Morgan fingerprint density at radius 1 is 1.14 bits per heavy atom. The molecule has 2 atom stereocenters. The van der Waals surface area contributed by atoms with Crippen LogP contribution in [0, 0.1) is 5.41 Å². The Bertz CT molecular complexity index is 1020. The van der Waals surface area contributed by atoms with Gasteiger partial charge in [-0.2, -0.15) is 0 Å². The van der Waals surface area contributed by atoms with Gasteiger partial charge in [0.05, 0.1) is 5.69 Å². The quantitative estimate of drug-likeness (QED) is 0.783. The van der Waals surface area contributed by atoms with E-state index >= 15 is 0 Å². The molecule has 0 fully saturated rings. The van der Waals surface area contributed by atoms with Crippen LogP contribution in [0.4, 0.5) is 0 Å². The van der Waals surface area contributed by atoms with E-state index in [9.17, 15) is 19.8 Å². The van der Waals surface area contributed by atoms with Gasteiger partial charge in [-0.05, 0) is 29.5 Å². The Hall–Kier alpha value is -2.80. The number of hydrogen-bond donors (Lipinski definition) is 2. The lowest BCUT2D eigenvalue weighted by Gasteiger charge is -2.39. The number of aromatic nitrogens is 1. The van der Waals surface area contributed by atoms with Gasteiger partial charge in [0, 0.05) is 23.9 Å². The van der Waals surface area contributed by atoms with Crippen LogP contribution in [0.15, 0.2) is 29.2 Å². The highest BCUT2D eigenvalue weighted by atomic mass is 16.5. The van der Waals surface area contributed by atoms with Crippen molar-refractivity contribution < 1.29 is 24.5 Å².